The third-order valence-corrected chi connectivity index (χ3v) is 13.5. The topological polar surface area (TPSA) is 111 Å². The van der Waals surface area contributed by atoms with E-state index in [1.807, 2.05) is 13.8 Å². The van der Waals surface area contributed by atoms with Gasteiger partial charge in [0.25, 0.3) is 0 Å². The lowest BCUT2D eigenvalue weighted by atomic mass is 9.69. The van der Waals surface area contributed by atoms with E-state index in [9.17, 15) is 19.2 Å². The molecule has 0 fully saturated rings. The van der Waals surface area contributed by atoms with Crippen LogP contribution in [0.2, 0.25) is 0 Å². The Bertz CT molecular complexity index is 1390. The van der Waals surface area contributed by atoms with Gasteiger partial charge < -0.3 is 20.1 Å². The fourth-order valence-electron chi connectivity index (χ4n) is 7.01. The molecule has 4 rings (SSSR count). The molecule has 2 atom stereocenters. The van der Waals surface area contributed by atoms with E-state index in [-0.39, 0.29) is 47.4 Å². The van der Waals surface area contributed by atoms with Gasteiger partial charge in [-0.25, -0.2) is 9.59 Å². The number of thiophene rings is 2. The van der Waals surface area contributed by atoms with Crippen LogP contribution in [0.4, 0.5) is 10.0 Å². The number of esters is 2. The first-order valence-electron chi connectivity index (χ1n) is 18.5. The summed E-state index contributed by atoms with van der Waals surface area (Å²) in [6, 6.07) is 0. The summed E-state index contributed by atoms with van der Waals surface area (Å²) in [5, 5.41) is 7.11. The van der Waals surface area contributed by atoms with Crippen LogP contribution < -0.4 is 10.6 Å². The van der Waals surface area contributed by atoms with E-state index in [0.717, 1.165) is 85.1 Å². The fraction of sp³-hybridized carbons (Fsp3) is 0.692. The Balaban J connectivity index is 1.42. The highest BCUT2D eigenvalue weighted by Crippen LogP contribution is 2.47. The lowest BCUT2D eigenvalue weighted by Gasteiger charge is -2.36. The van der Waals surface area contributed by atoms with Crippen molar-refractivity contribution in [2.45, 2.75) is 139 Å². The Morgan fingerprint density at radius 2 is 1.06 bits per heavy atom. The predicted molar refractivity (Wildman–Crippen MR) is 200 cm³/mol. The maximum absolute atomic E-state index is 13.2. The molecule has 2 aromatic rings. The van der Waals surface area contributed by atoms with Gasteiger partial charge >= 0.3 is 11.9 Å². The molecule has 0 saturated carbocycles. The summed E-state index contributed by atoms with van der Waals surface area (Å²) >= 11 is 2.99. The van der Waals surface area contributed by atoms with E-state index in [1.165, 1.54) is 22.7 Å². The van der Waals surface area contributed by atoms with Gasteiger partial charge in [0.2, 0.25) is 11.8 Å². The van der Waals surface area contributed by atoms with Gasteiger partial charge in [-0.2, -0.15) is 0 Å². The number of hydrogen-bond acceptors (Lipinski definition) is 8. The van der Waals surface area contributed by atoms with Gasteiger partial charge in [0.05, 0.1) is 24.3 Å². The highest BCUT2D eigenvalue weighted by atomic mass is 32.1. The molecule has 0 aliphatic heterocycles. The van der Waals surface area contributed by atoms with E-state index in [4.69, 9.17) is 9.47 Å². The van der Waals surface area contributed by atoms with E-state index in [1.54, 1.807) is 0 Å². The van der Waals surface area contributed by atoms with Crippen LogP contribution in [0.15, 0.2) is 0 Å². The highest BCUT2D eigenvalue weighted by Gasteiger charge is 2.37. The fourth-order valence-corrected chi connectivity index (χ4v) is 9.68. The van der Waals surface area contributed by atoms with E-state index in [2.05, 4.69) is 52.2 Å². The molecule has 2 amide bonds. The normalized spacial score (nSPS) is 17.6. The van der Waals surface area contributed by atoms with Gasteiger partial charge in [-0.15, -0.1) is 22.7 Å². The first-order valence-corrected chi connectivity index (χ1v) is 20.1. The number of amides is 2. The molecule has 2 aliphatic carbocycles. The van der Waals surface area contributed by atoms with Crippen molar-refractivity contribution in [1.82, 2.24) is 0 Å². The molecule has 0 aromatic carbocycles. The van der Waals surface area contributed by atoms with Crippen molar-refractivity contribution < 1.29 is 28.7 Å². The highest BCUT2D eigenvalue weighted by molar-refractivity contribution is 7.17. The van der Waals surface area contributed by atoms with E-state index < -0.39 is 0 Å². The smallest absolute Gasteiger partial charge is 0.341 e. The standard InChI is InChI=1S/C39H58N2O6S2/c1-9-20-46-36(44)32-26-18-16-24(38(5,6)11-3)22-28(26)48-34(32)40-30(42)14-13-15-31(43)41-35-33(37(45)47-21-10-2)27-19-17-25(23-29(27)49-35)39(7,8)12-4/h24-25H,9-23H2,1-8H3,(H,40,42)(H,41,43). The van der Waals surface area contributed by atoms with Crippen LogP contribution in [0.25, 0.3) is 0 Å². The average molecular weight is 715 g/mol. The molecule has 0 radical (unpaired) electrons. The Morgan fingerprint density at radius 3 is 1.41 bits per heavy atom. The summed E-state index contributed by atoms with van der Waals surface area (Å²) in [5.74, 6) is -0.198. The van der Waals surface area contributed by atoms with Gasteiger partial charge in [0.15, 0.2) is 0 Å². The van der Waals surface area contributed by atoms with Gasteiger partial charge in [-0.1, -0.05) is 68.2 Å². The molecule has 8 nitrogen and oxygen atoms in total. The summed E-state index contributed by atoms with van der Waals surface area (Å²) in [5.41, 5.74) is 3.42. The molecule has 2 heterocycles. The first kappa shape index (κ1) is 39.1. The van der Waals surface area contributed by atoms with Crippen LogP contribution >= 0.6 is 22.7 Å². The third kappa shape index (κ3) is 9.34. The number of anilines is 2. The van der Waals surface area contributed by atoms with Gasteiger partial charge in [-0.05, 0) is 91.6 Å². The zero-order chi connectivity index (χ0) is 35.9. The molecule has 2 aliphatic rings. The van der Waals surface area contributed by atoms with Crippen LogP contribution in [0.1, 0.15) is 155 Å². The number of fused-ring (bicyclic) bond motifs is 2. The first-order chi connectivity index (χ1) is 23.3. The maximum atomic E-state index is 13.2. The van der Waals surface area contributed by atoms with Crippen LogP contribution in [0.3, 0.4) is 0 Å². The minimum Gasteiger partial charge on any atom is -0.462 e. The van der Waals surface area contributed by atoms with Crippen LogP contribution in [0.5, 0.6) is 0 Å². The molecule has 0 spiro atoms. The summed E-state index contributed by atoms with van der Waals surface area (Å²) in [7, 11) is 0. The van der Waals surface area contributed by atoms with Crippen molar-refractivity contribution in [2.75, 3.05) is 23.8 Å². The van der Waals surface area contributed by atoms with E-state index >= 15 is 0 Å². The second kappa shape index (κ2) is 17.0. The van der Waals surface area contributed by atoms with Gasteiger partial charge in [0, 0.05) is 22.6 Å². The largest absolute Gasteiger partial charge is 0.462 e. The second-order valence-electron chi connectivity index (χ2n) is 15.2. The minimum atomic E-state index is -0.376. The Hall–Kier alpha value is -2.72. The Morgan fingerprint density at radius 1 is 0.673 bits per heavy atom. The molecular formula is C39H58N2O6S2. The van der Waals surface area contributed by atoms with Crippen LogP contribution in [-0.4, -0.2) is 37.0 Å². The molecule has 0 bridgehead atoms. The molecule has 0 saturated heterocycles. The van der Waals surface area contributed by atoms with Crippen molar-refractivity contribution in [1.29, 1.82) is 0 Å². The van der Waals surface area contributed by atoms with Crippen molar-refractivity contribution in [3.05, 3.63) is 32.0 Å². The predicted octanol–water partition coefficient (Wildman–Crippen LogP) is 9.77. The molecule has 10 heteroatoms. The van der Waals surface area contributed by atoms with Gasteiger partial charge in [0.1, 0.15) is 10.0 Å². The molecule has 2 N–H and O–H groups in total. The van der Waals surface area contributed by atoms with Crippen molar-refractivity contribution in [3.8, 4) is 0 Å². The van der Waals surface area contributed by atoms with Crippen LogP contribution in [-0.2, 0) is 44.7 Å². The number of hydrogen-bond donors (Lipinski definition) is 2. The number of rotatable bonds is 16. The van der Waals surface area contributed by atoms with Gasteiger partial charge in [-0.3, -0.25) is 9.59 Å². The zero-order valence-electron chi connectivity index (χ0n) is 31.0. The molecule has 49 heavy (non-hydrogen) atoms. The quantitative estimate of drug-likeness (QED) is 0.168. The zero-order valence-corrected chi connectivity index (χ0v) is 32.7. The molecule has 272 valence electrons. The summed E-state index contributed by atoms with van der Waals surface area (Å²) in [6.45, 7) is 18.3. The third-order valence-electron chi connectivity index (χ3n) is 11.2. The van der Waals surface area contributed by atoms with Crippen molar-refractivity contribution in [2.24, 2.45) is 22.7 Å². The van der Waals surface area contributed by atoms with E-state index in [0.29, 0.717) is 52.6 Å². The Kier molecular flexibility index (Phi) is 13.6. The minimum absolute atomic E-state index is 0.130. The lowest BCUT2D eigenvalue weighted by Crippen LogP contribution is -2.28. The number of carbonyl (C=O) groups is 4. The summed E-state index contributed by atoms with van der Waals surface area (Å²) in [4.78, 5) is 55.1. The number of nitrogens with one attached hydrogen (secondary N) is 2. The number of ether oxygens (including phenoxy) is 2. The molecular weight excluding hydrogens is 657 g/mol. The average Bonchev–Trinajstić information content (AvgIpc) is 3.62. The second-order valence-corrected chi connectivity index (χ2v) is 17.4. The monoisotopic (exact) mass is 714 g/mol. The summed E-state index contributed by atoms with van der Waals surface area (Å²) in [6.07, 6.45) is 9.58. The van der Waals surface area contributed by atoms with Crippen molar-refractivity contribution in [3.63, 3.8) is 0 Å². The summed E-state index contributed by atoms with van der Waals surface area (Å²) < 4.78 is 11.1. The van der Waals surface area contributed by atoms with Crippen molar-refractivity contribution >= 4 is 56.4 Å². The van der Waals surface area contributed by atoms with Crippen LogP contribution in [0, 0.1) is 22.7 Å². The molecule has 2 unspecified atom stereocenters. The molecule has 2 aromatic heterocycles. The SMILES string of the molecule is CCCOC(=O)c1c(NC(=O)CCCC(=O)Nc2sc3c(c2C(=O)OCCC)CCC(C(C)(C)CC)C3)sc2c1CCC(C(C)(C)CC)C2. The lowest BCUT2D eigenvalue weighted by molar-refractivity contribution is -0.117. The maximum Gasteiger partial charge on any atom is 0.341 e. The Labute approximate surface area is 301 Å². The number of carbonyl (C=O) groups excluding carboxylic acids is 4.